The molecule has 0 unspecified atom stereocenters. The maximum absolute atomic E-state index is 11.8. The fourth-order valence-electron chi connectivity index (χ4n) is 2.87. The van der Waals surface area contributed by atoms with Crippen LogP contribution in [0.3, 0.4) is 0 Å². The molecule has 1 aliphatic carbocycles. The second-order valence-corrected chi connectivity index (χ2v) is 5.23. The van der Waals surface area contributed by atoms with Crippen LogP contribution in [0.25, 0.3) is 0 Å². The van der Waals surface area contributed by atoms with Crippen LogP contribution in [0.15, 0.2) is 24.3 Å². The smallest absolute Gasteiger partial charge is 0.223 e. The van der Waals surface area contributed by atoms with Gasteiger partial charge in [0.25, 0.3) is 0 Å². The van der Waals surface area contributed by atoms with Gasteiger partial charge in [-0.3, -0.25) is 4.79 Å². The molecule has 1 fully saturated rings. The van der Waals surface area contributed by atoms with Crippen molar-refractivity contribution in [3.05, 3.63) is 29.8 Å². The van der Waals surface area contributed by atoms with Gasteiger partial charge in [0.1, 0.15) is 5.75 Å². The number of hydrogen-bond donors (Lipinski definition) is 1. The van der Waals surface area contributed by atoms with Crippen LogP contribution in [0.4, 0.5) is 0 Å². The first-order valence-electron chi connectivity index (χ1n) is 6.59. The number of methoxy groups -OCH3 is 1. The Balaban J connectivity index is 2.15. The molecule has 0 aromatic heterocycles. The summed E-state index contributed by atoms with van der Waals surface area (Å²) in [5.74, 6) is 0.702. The Morgan fingerprint density at radius 1 is 1.22 bits per heavy atom. The largest absolute Gasteiger partial charge is 0.497 e. The van der Waals surface area contributed by atoms with E-state index >= 15 is 0 Å². The van der Waals surface area contributed by atoms with E-state index in [-0.39, 0.29) is 11.3 Å². The molecule has 1 amide bonds. The molecular formula is C15H21NO2. The molecule has 1 aromatic rings. The van der Waals surface area contributed by atoms with E-state index in [0.29, 0.717) is 0 Å². The normalized spacial score (nSPS) is 18.3. The van der Waals surface area contributed by atoms with E-state index in [9.17, 15) is 4.79 Å². The van der Waals surface area contributed by atoms with E-state index in [2.05, 4.69) is 0 Å². The Morgan fingerprint density at radius 2 is 1.83 bits per heavy atom. The van der Waals surface area contributed by atoms with Crippen LogP contribution in [-0.4, -0.2) is 13.0 Å². The zero-order chi connectivity index (χ0) is 13.0. The molecule has 2 rings (SSSR count). The summed E-state index contributed by atoms with van der Waals surface area (Å²) in [7, 11) is 1.65. The average Bonchev–Trinajstić information content (AvgIpc) is 2.40. The highest BCUT2D eigenvalue weighted by atomic mass is 16.5. The highest BCUT2D eigenvalue weighted by molar-refractivity contribution is 5.81. The van der Waals surface area contributed by atoms with Crippen molar-refractivity contribution in [3.63, 3.8) is 0 Å². The summed E-state index contributed by atoms with van der Waals surface area (Å²) >= 11 is 0. The maximum Gasteiger partial charge on any atom is 0.223 e. The van der Waals surface area contributed by atoms with Gasteiger partial charge in [-0.15, -0.1) is 0 Å². The van der Waals surface area contributed by atoms with Crippen LogP contribution in [0.5, 0.6) is 5.75 Å². The predicted molar refractivity (Wildman–Crippen MR) is 71.4 cm³/mol. The summed E-state index contributed by atoms with van der Waals surface area (Å²) in [5, 5.41) is 0. The Hall–Kier alpha value is -1.51. The standard InChI is InChI=1S/C15H21NO2/c1-18-13-7-5-12(6-8-13)11-15(14(16)17)9-3-2-4-10-15/h5-8H,2-4,9-11H2,1H3,(H2,16,17). The third-order valence-electron chi connectivity index (χ3n) is 4.03. The first-order valence-corrected chi connectivity index (χ1v) is 6.59. The minimum atomic E-state index is -0.327. The lowest BCUT2D eigenvalue weighted by atomic mass is 9.70. The molecule has 0 atom stereocenters. The molecule has 2 N–H and O–H groups in total. The third kappa shape index (κ3) is 2.66. The molecule has 0 bridgehead atoms. The first-order chi connectivity index (χ1) is 8.66. The number of rotatable bonds is 4. The lowest BCUT2D eigenvalue weighted by molar-refractivity contribution is -0.129. The van der Waals surface area contributed by atoms with E-state index in [1.54, 1.807) is 7.11 Å². The van der Waals surface area contributed by atoms with Crippen molar-refractivity contribution in [2.24, 2.45) is 11.1 Å². The summed E-state index contributed by atoms with van der Waals surface area (Å²) in [6, 6.07) is 7.93. The Bertz CT molecular complexity index is 405. The fourth-order valence-corrected chi connectivity index (χ4v) is 2.87. The van der Waals surface area contributed by atoms with Gasteiger partial charge >= 0.3 is 0 Å². The van der Waals surface area contributed by atoms with Crippen molar-refractivity contribution in [2.75, 3.05) is 7.11 Å². The van der Waals surface area contributed by atoms with Crippen LogP contribution in [0.2, 0.25) is 0 Å². The summed E-state index contributed by atoms with van der Waals surface area (Å²) < 4.78 is 5.14. The van der Waals surface area contributed by atoms with E-state index in [1.165, 1.54) is 6.42 Å². The monoisotopic (exact) mass is 247 g/mol. The Labute approximate surface area is 108 Å². The van der Waals surface area contributed by atoms with Crippen LogP contribution in [-0.2, 0) is 11.2 Å². The highest BCUT2D eigenvalue weighted by Gasteiger charge is 2.37. The zero-order valence-corrected chi connectivity index (χ0v) is 10.9. The minimum Gasteiger partial charge on any atom is -0.497 e. The van der Waals surface area contributed by atoms with Gasteiger partial charge in [0.2, 0.25) is 5.91 Å². The number of hydrogen-bond acceptors (Lipinski definition) is 2. The molecular weight excluding hydrogens is 226 g/mol. The van der Waals surface area contributed by atoms with Crippen molar-refractivity contribution >= 4 is 5.91 Å². The van der Waals surface area contributed by atoms with Gasteiger partial charge in [-0.05, 0) is 37.0 Å². The number of primary amides is 1. The number of carbonyl (C=O) groups excluding carboxylic acids is 1. The topological polar surface area (TPSA) is 52.3 Å². The predicted octanol–water partition coefficient (Wildman–Crippen LogP) is 2.67. The number of amides is 1. The Kier molecular flexibility index (Phi) is 3.90. The second-order valence-electron chi connectivity index (χ2n) is 5.23. The van der Waals surface area contributed by atoms with Crippen LogP contribution < -0.4 is 10.5 Å². The molecule has 0 spiro atoms. The lowest BCUT2D eigenvalue weighted by Crippen LogP contribution is -2.40. The van der Waals surface area contributed by atoms with E-state index in [0.717, 1.165) is 43.4 Å². The van der Waals surface area contributed by atoms with Crippen LogP contribution >= 0.6 is 0 Å². The Morgan fingerprint density at radius 3 is 2.33 bits per heavy atom. The molecule has 3 heteroatoms. The summed E-state index contributed by atoms with van der Waals surface area (Å²) in [6.07, 6.45) is 6.05. The second kappa shape index (κ2) is 5.42. The van der Waals surface area contributed by atoms with Gasteiger partial charge in [-0.2, -0.15) is 0 Å². The van der Waals surface area contributed by atoms with Crippen LogP contribution in [0, 0.1) is 5.41 Å². The van der Waals surface area contributed by atoms with Gasteiger partial charge in [-0.25, -0.2) is 0 Å². The van der Waals surface area contributed by atoms with Crippen molar-refractivity contribution in [1.82, 2.24) is 0 Å². The molecule has 0 saturated heterocycles. The minimum absolute atomic E-state index is 0.141. The molecule has 1 aromatic carbocycles. The SMILES string of the molecule is COc1ccc(CC2(C(N)=O)CCCCC2)cc1. The molecule has 98 valence electrons. The van der Waals surface area contributed by atoms with Crippen molar-refractivity contribution in [2.45, 2.75) is 38.5 Å². The van der Waals surface area contributed by atoms with Gasteiger partial charge in [0, 0.05) is 0 Å². The van der Waals surface area contributed by atoms with Crippen molar-refractivity contribution in [1.29, 1.82) is 0 Å². The molecule has 1 aliphatic rings. The molecule has 0 radical (unpaired) electrons. The van der Waals surface area contributed by atoms with Crippen LogP contribution in [0.1, 0.15) is 37.7 Å². The maximum atomic E-state index is 11.8. The molecule has 3 nitrogen and oxygen atoms in total. The fraction of sp³-hybridized carbons (Fsp3) is 0.533. The molecule has 0 heterocycles. The quantitative estimate of drug-likeness (QED) is 0.889. The van der Waals surface area contributed by atoms with Crippen molar-refractivity contribution in [3.8, 4) is 5.75 Å². The molecule has 1 saturated carbocycles. The molecule has 18 heavy (non-hydrogen) atoms. The first kappa shape index (κ1) is 12.9. The number of nitrogens with two attached hydrogens (primary N) is 1. The summed E-state index contributed by atoms with van der Waals surface area (Å²) in [6.45, 7) is 0. The van der Waals surface area contributed by atoms with Gasteiger partial charge in [0.15, 0.2) is 0 Å². The van der Waals surface area contributed by atoms with E-state index < -0.39 is 0 Å². The third-order valence-corrected chi connectivity index (χ3v) is 4.03. The lowest BCUT2D eigenvalue weighted by Gasteiger charge is -2.34. The molecule has 0 aliphatic heterocycles. The number of benzene rings is 1. The zero-order valence-electron chi connectivity index (χ0n) is 10.9. The van der Waals surface area contributed by atoms with Crippen molar-refractivity contribution < 1.29 is 9.53 Å². The highest BCUT2D eigenvalue weighted by Crippen LogP contribution is 2.39. The number of ether oxygens (including phenoxy) is 1. The van der Waals surface area contributed by atoms with E-state index in [4.69, 9.17) is 10.5 Å². The van der Waals surface area contributed by atoms with E-state index in [1.807, 2.05) is 24.3 Å². The van der Waals surface area contributed by atoms with Gasteiger partial charge in [-0.1, -0.05) is 31.4 Å². The summed E-state index contributed by atoms with van der Waals surface area (Å²) in [4.78, 5) is 11.8. The van der Waals surface area contributed by atoms with Gasteiger partial charge in [0.05, 0.1) is 12.5 Å². The summed E-state index contributed by atoms with van der Waals surface area (Å²) in [5.41, 5.74) is 6.48. The number of carbonyl (C=O) groups is 1. The average molecular weight is 247 g/mol. The van der Waals surface area contributed by atoms with Gasteiger partial charge < -0.3 is 10.5 Å².